The van der Waals surface area contributed by atoms with Crippen LogP contribution >= 0.6 is 11.8 Å². The summed E-state index contributed by atoms with van der Waals surface area (Å²) in [6.07, 6.45) is 8.63. The largest absolute Gasteiger partial charge is 0.389 e. The van der Waals surface area contributed by atoms with E-state index in [0.29, 0.717) is 30.2 Å². The first-order valence-electron chi connectivity index (χ1n) is 12.7. The zero-order valence-electron chi connectivity index (χ0n) is 21.0. The zero-order valence-corrected chi connectivity index (χ0v) is 21.8. The van der Waals surface area contributed by atoms with Crippen molar-refractivity contribution in [3.8, 4) is 11.4 Å². The summed E-state index contributed by atoms with van der Waals surface area (Å²) >= 11 is 1.60. The number of alkyl halides is 3. The molecule has 0 aliphatic rings. The highest BCUT2D eigenvalue weighted by atomic mass is 32.2. The Balaban J connectivity index is 1.47. The molecule has 2 aromatic heterocycles. The number of thioether (sulfide) groups is 1. The van der Waals surface area contributed by atoms with E-state index in [4.69, 9.17) is 0 Å². The number of aromatic amines is 2. The van der Waals surface area contributed by atoms with Crippen LogP contribution < -0.4 is 0 Å². The molecule has 38 heavy (non-hydrogen) atoms. The molecule has 0 radical (unpaired) electrons. The topological polar surface area (TPSA) is 129 Å². The molecule has 9 nitrogen and oxygen atoms in total. The Labute approximate surface area is 223 Å². The van der Waals surface area contributed by atoms with Gasteiger partial charge < -0.3 is 5.11 Å². The van der Waals surface area contributed by atoms with Gasteiger partial charge in [0.25, 0.3) is 0 Å². The van der Waals surface area contributed by atoms with Crippen molar-refractivity contribution in [1.29, 1.82) is 0 Å². The molecule has 206 valence electrons. The average Bonchev–Trinajstić information content (AvgIpc) is 3.62. The van der Waals surface area contributed by atoms with Crippen molar-refractivity contribution in [3.63, 3.8) is 0 Å². The summed E-state index contributed by atoms with van der Waals surface area (Å²) in [6, 6.07) is 7.44. The highest BCUT2D eigenvalue weighted by Gasteiger charge is 2.25. The summed E-state index contributed by atoms with van der Waals surface area (Å²) in [5.74, 6) is 1.78. The van der Waals surface area contributed by atoms with Crippen LogP contribution in [0.1, 0.15) is 68.9 Å². The molecule has 3 aromatic rings. The second-order valence-electron chi connectivity index (χ2n) is 8.81. The molecule has 2 heterocycles. The third-order valence-electron chi connectivity index (χ3n) is 5.80. The highest BCUT2D eigenvalue weighted by molar-refractivity contribution is 8.00. The Morgan fingerprint density at radius 3 is 2.45 bits per heavy atom. The van der Waals surface area contributed by atoms with Gasteiger partial charge in [-0.2, -0.15) is 35.4 Å². The lowest BCUT2D eigenvalue weighted by molar-refractivity contribution is -0.135. The molecule has 2 atom stereocenters. The highest BCUT2D eigenvalue weighted by Crippen LogP contribution is 2.30. The smallest absolute Gasteiger partial charge is 0.387 e. The maximum atomic E-state index is 12.2. The van der Waals surface area contributed by atoms with Crippen molar-refractivity contribution in [1.82, 2.24) is 41.2 Å². The second kappa shape index (κ2) is 16.0. The number of benzene rings is 1. The summed E-state index contributed by atoms with van der Waals surface area (Å²) in [4.78, 5) is 0. The molecule has 0 unspecified atom stereocenters. The summed E-state index contributed by atoms with van der Waals surface area (Å²) in [6.45, 7) is 0. The van der Waals surface area contributed by atoms with Crippen molar-refractivity contribution in [2.45, 2.75) is 75.3 Å². The Morgan fingerprint density at radius 2 is 1.71 bits per heavy atom. The maximum Gasteiger partial charge on any atom is 0.389 e. The van der Waals surface area contributed by atoms with E-state index < -0.39 is 18.7 Å². The van der Waals surface area contributed by atoms with Crippen molar-refractivity contribution in [2.75, 3.05) is 5.75 Å². The van der Waals surface area contributed by atoms with Crippen LogP contribution in [0.5, 0.6) is 0 Å². The van der Waals surface area contributed by atoms with Crippen LogP contribution in [0.4, 0.5) is 13.2 Å². The van der Waals surface area contributed by atoms with Gasteiger partial charge >= 0.3 is 6.18 Å². The number of H-pyrrole nitrogens is 2. The average molecular weight is 551 g/mol. The Hall–Kier alpha value is -3.06. The SMILES string of the molecule is O[C@@H](c1cccc(-c2nn[nH]n2)c1)[C@@H](/C=C/C=CCCCCCCCCC(F)(F)F)SCCc1nn[nH]n1. The summed E-state index contributed by atoms with van der Waals surface area (Å²) < 4.78 is 36.5. The number of aliphatic hydroxyl groups excluding tert-OH is 1. The number of aromatic nitrogens is 8. The minimum absolute atomic E-state index is 0.218. The van der Waals surface area contributed by atoms with E-state index in [1.807, 2.05) is 42.5 Å². The molecule has 0 fully saturated rings. The minimum Gasteiger partial charge on any atom is -0.387 e. The minimum atomic E-state index is -4.04. The van der Waals surface area contributed by atoms with Crippen LogP contribution in [-0.4, -0.2) is 63.5 Å². The van der Waals surface area contributed by atoms with Crippen LogP contribution in [0.2, 0.25) is 0 Å². The molecule has 0 aliphatic carbocycles. The van der Waals surface area contributed by atoms with E-state index in [1.54, 1.807) is 11.8 Å². The third kappa shape index (κ3) is 11.1. The van der Waals surface area contributed by atoms with Gasteiger partial charge in [0.05, 0.1) is 11.4 Å². The predicted octanol–water partition coefficient (Wildman–Crippen LogP) is 5.55. The first-order valence-corrected chi connectivity index (χ1v) is 13.7. The molecule has 0 amide bonds. The second-order valence-corrected chi connectivity index (χ2v) is 10.1. The van der Waals surface area contributed by atoms with Gasteiger partial charge in [-0.25, -0.2) is 0 Å². The Morgan fingerprint density at radius 1 is 0.947 bits per heavy atom. The molecule has 0 spiro atoms. The van der Waals surface area contributed by atoms with Crippen molar-refractivity contribution in [3.05, 3.63) is 60.0 Å². The van der Waals surface area contributed by atoms with Crippen LogP contribution in [0.15, 0.2) is 48.6 Å². The van der Waals surface area contributed by atoms with E-state index >= 15 is 0 Å². The number of rotatable bonds is 17. The van der Waals surface area contributed by atoms with Gasteiger partial charge in [0.2, 0.25) is 5.82 Å². The van der Waals surface area contributed by atoms with Crippen molar-refractivity contribution < 1.29 is 18.3 Å². The third-order valence-corrected chi connectivity index (χ3v) is 7.04. The van der Waals surface area contributed by atoms with Crippen LogP contribution in [0.3, 0.4) is 0 Å². The van der Waals surface area contributed by atoms with E-state index in [2.05, 4.69) is 47.3 Å². The predicted molar refractivity (Wildman–Crippen MR) is 140 cm³/mol. The fourth-order valence-electron chi connectivity index (χ4n) is 3.81. The van der Waals surface area contributed by atoms with E-state index in [0.717, 1.165) is 43.2 Å². The number of aliphatic hydroxyl groups is 1. The fourth-order valence-corrected chi connectivity index (χ4v) is 4.92. The number of hydrogen-bond donors (Lipinski definition) is 3. The zero-order chi connectivity index (χ0) is 27.1. The first-order chi connectivity index (χ1) is 18.4. The molecule has 1 aromatic carbocycles. The van der Waals surface area contributed by atoms with E-state index in [-0.39, 0.29) is 11.7 Å². The van der Waals surface area contributed by atoms with Crippen LogP contribution in [-0.2, 0) is 6.42 Å². The van der Waals surface area contributed by atoms with Crippen LogP contribution in [0.25, 0.3) is 11.4 Å². The van der Waals surface area contributed by atoms with Gasteiger partial charge in [-0.3, -0.25) is 0 Å². The summed E-state index contributed by atoms with van der Waals surface area (Å²) in [5, 5.41) is 39.0. The number of halogens is 3. The first kappa shape index (κ1) is 29.5. The lowest BCUT2D eigenvalue weighted by atomic mass is 10.0. The Kier molecular flexibility index (Phi) is 12.4. The Bertz CT molecular complexity index is 1090. The van der Waals surface area contributed by atoms with Gasteiger partial charge in [-0.1, -0.05) is 73.4 Å². The van der Waals surface area contributed by atoms with Crippen LogP contribution in [0, 0.1) is 0 Å². The number of tetrazole rings is 2. The lowest BCUT2D eigenvalue weighted by Gasteiger charge is -2.20. The van der Waals surface area contributed by atoms with Gasteiger partial charge in [0.15, 0.2) is 5.82 Å². The lowest BCUT2D eigenvalue weighted by Crippen LogP contribution is -2.14. The molecule has 13 heteroatoms. The van der Waals surface area contributed by atoms with Gasteiger partial charge in [0.1, 0.15) is 0 Å². The quantitative estimate of drug-likeness (QED) is 0.147. The molecular formula is C25H33F3N8OS. The van der Waals surface area contributed by atoms with Gasteiger partial charge in [0, 0.05) is 24.2 Å². The summed E-state index contributed by atoms with van der Waals surface area (Å²) in [5.41, 5.74) is 1.50. The number of nitrogens with zero attached hydrogens (tertiary/aromatic N) is 6. The number of aryl methyl sites for hydroxylation is 1. The monoisotopic (exact) mass is 550 g/mol. The molecule has 0 aliphatic heterocycles. The van der Waals surface area contributed by atoms with E-state index in [9.17, 15) is 18.3 Å². The fraction of sp³-hybridized carbons (Fsp3) is 0.520. The van der Waals surface area contributed by atoms with E-state index in [1.165, 1.54) is 0 Å². The maximum absolute atomic E-state index is 12.2. The van der Waals surface area contributed by atoms with Gasteiger partial charge in [-0.05, 0) is 36.1 Å². The number of nitrogens with one attached hydrogen (secondary N) is 2. The number of unbranched alkanes of at least 4 members (excludes halogenated alkanes) is 6. The molecule has 0 saturated heterocycles. The van der Waals surface area contributed by atoms with Crippen molar-refractivity contribution >= 4 is 11.8 Å². The molecule has 0 saturated carbocycles. The standard InChI is InChI=1S/C25H33F3N8OS/c26-25(27,28)16-10-8-6-4-2-1-3-5-7-9-14-21(38-17-15-22-29-33-34-30-22)23(37)19-12-11-13-20(18-19)24-31-35-36-32-24/h5,7,9,11-14,18,21,23,37H,1-4,6,8,10,15-17H2,(H,29,30,33,34)(H,31,32,35,36)/b7-5?,14-9+/t21-,23+/m1/s1. The molecule has 0 bridgehead atoms. The number of hydrogen-bond acceptors (Lipinski definition) is 8. The molecular weight excluding hydrogens is 517 g/mol. The number of allylic oxidation sites excluding steroid dienone is 3. The van der Waals surface area contributed by atoms with Crippen molar-refractivity contribution in [2.24, 2.45) is 0 Å². The van der Waals surface area contributed by atoms with Gasteiger partial charge in [-0.15, -0.1) is 20.4 Å². The molecule has 3 rings (SSSR count). The summed E-state index contributed by atoms with van der Waals surface area (Å²) in [7, 11) is 0. The normalized spacial score (nSPS) is 14.0. The molecule has 3 N–H and O–H groups in total.